The first kappa shape index (κ1) is 23.5. The van der Waals surface area contributed by atoms with E-state index in [-0.39, 0.29) is 22.1 Å². The van der Waals surface area contributed by atoms with E-state index in [1.54, 1.807) is 24.3 Å². The van der Waals surface area contributed by atoms with E-state index in [9.17, 15) is 19.7 Å². The van der Waals surface area contributed by atoms with Gasteiger partial charge in [-0.05, 0) is 47.5 Å². The van der Waals surface area contributed by atoms with Crippen LogP contribution in [-0.4, -0.2) is 21.8 Å². The summed E-state index contributed by atoms with van der Waals surface area (Å²) in [7, 11) is 0. The molecule has 0 aliphatic heterocycles. The van der Waals surface area contributed by atoms with E-state index in [1.807, 2.05) is 12.1 Å². The smallest absolute Gasteiger partial charge is 0.335 e. The number of benzene rings is 3. The number of carbonyl (C=O) groups excluding carboxylic acids is 1. The zero-order chi connectivity index (χ0) is 23.3. The van der Waals surface area contributed by atoms with Crippen LogP contribution in [0.4, 0.5) is 5.69 Å². The van der Waals surface area contributed by atoms with Gasteiger partial charge in [0.15, 0.2) is 5.78 Å². The van der Waals surface area contributed by atoms with Crippen LogP contribution in [0.3, 0.4) is 0 Å². The molecule has 9 heteroatoms. The Balaban J connectivity index is 1.96. The van der Waals surface area contributed by atoms with Crippen LogP contribution in [-0.2, 0) is 5.75 Å². The van der Waals surface area contributed by atoms with Gasteiger partial charge < -0.3 is 5.11 Å². The van der Waals surface area contributed by atoms with Crippen LogP contribution < -0.4 is 0 Å². The van der Waals surface area contributed by atoms with Crippen molar-refractivity contribution in [1.82, 2.24) is 0 Å². The minimum absolute atomic E-state index is 0.00176. The molecule has 0 bridgehead atoms. The minimum atomic E-state index is -1.09. The number of Topliss-reactive ketones (excluding diaryl/α,β-unsaturated/α-hetero) is 1. The Labute approximate surface area is 197 Å². The second-order valence-corrected chi connectivity index (χ2v) is 8.46. The second kappa shape index (κ2) is 10.5. The number of nitro groups is 1. The third kappa shape index (κ3) is 5.97. The highest BCUT2D eigenvalue weighted by atomic mass is 35.5. The van der Waals surface area contributed by atoms with Crippen molar-refractivity contribution >= 4 is 58.5 Å². The van der Waals surface area contributed by atoms with Crippen molar-refractivity contribution in [2.24, 2.45) is 0 Å². The molecule has 32 heavy (non-hydrogen) atoms. The number of halogens is 2. The van der Waals surface area contributed by atoms with E-state index in [0.717, 1.165) is 5.56 Å². The molecule has 162 valence electrons. The fourth-order valence-electron chi connectivity index (χ4n) is 2.73. The van der Waals surface area contributed by atoms with E-state index in [0.29, 0.717) is 26.8 Å². The molecule has 0 heterocycles. The predicted octanol–water partition coefficient (Wildman–Crippen LogP) is 6.76. The number of hydrogen-bond acceptors (Lipinski definition) is 5. The number of nitro benzene ring substituents is 1. The molecule has 3 rings (SSSR count). The van der Waals surface area contributed by atoms with Gasteiger partial charge in [-0.15, -0.1) is 11.8 Å². The summed E-state index contributed by atoms with van der Waals surface area (Å²) in [6.45, 7) is 0. The van der Waals surface area contributed by atoms with Crippen LogP contribution in [0.15, 0.2) is 71.6 Å². The third-order valence-electron chi connectivity index (χ3n) is 4.39. The molecule has 0 aliphatic rings. The number of thioether (sulfide) groups is 1. The van der Waals surface area contributed by atoms with Crippen molar-refractivity contribution < 1.29 is 19.6 Å². The minimum Gasteiger partial charge on any atom is -0.478 e. The summed E-state index contributed by atoms with van der Waals surface area (Å²) < 4.78 is 0. The summed E-state index contributed by atoms with van der Waals surface area (Å²) >= 11 is 13.1. The molecule has 3 aromatic rings. The SMILES string of the molecule is O=C(O)c1ccc(C(=O)C(=Cc2ccc(Cl)c([N+](=O)[O-])c2)SCc2ccc(Cl)cc2)cc1. The first-order valence-electron chi connectivity index (χ1n) is 9.15. The highest BCUT2D eigenvalue weighted by molar-refractivity contribution is 8.03. The summed E-state index contributed by atoms with van der Waals surface area (Å²) in [5.41, 5.74) is 1.47. The van der Waals surface area contributed by atoms with Crippen molar-refractivity contribution in [2.75, 3.05) is 0 Å². The average Bonchev–Trinajstić information content (AvgIpc) is 2.78. The van der Waals surface area contributed by atoms with Crippen LogP contribution in [0.2, 0.25) is 10.0 Å². The lowest BCUT2D eigenvalue weighted by Crippen LogP contribution is -2.03. The largest absolute Gasteiger partial charge is 0.478 e. The van der Waals surface area contributed by atoms with Gasteiger partial charge in [0.05, 0.1) is 15.4 Å². The van der Waals surface area contributed by atoms with Crippen molar-refractivity contribution in [1.29, 1.82) is 0 Å². The van der Waals surface area contributed by atoms with Crippen molar-refractivity contribution in [3.8, 4) is 0 Å². The fourth-order valence-corrected chi connectivity index (χ4v) is 4.03. The Kier molecular flexibility index (Phi) is 7.69. The molecular weight excluding hydrogens is 473 g/mol. The van der Waals surface area contributed by atoms with Crippen molar-refractivity contribution in [2.45, 2.75) is 5.75 Å². The monoisotopic (exact) mass is 487 g/mol. The maximum atomic E-state index is 13.2. The number of nitrogens with zero attached hydrogens (tertiary/aromatic N) is 1. The maximum absolute atomic E-state index is 13.2. The second-order valence-electron chi connectivity index (χ2n) is 6.60. The number of rotatable bonds is 8. The first-order chi connectivity index (χ1) is 15.2. The lowest BCUT2D eigenvalue weighted by atomic mass is 10.1. The van der Waals surface area contributed by atoms with Gasteiger partial charge >= 0.3 is 5.97 Å². The van der Waals surface area contributed by atoms with Crippen LogP contribution in [0, 0.1) is 10.1 Å². The Morgan fingerprint density at radius 1 is 0.969 bits per heavy atom. The zero-order valence-corrected chi connectivity index (χ0v) is 18.7. The lowest BCUT2D eigenvalue weighted by molar-refractivity contribution is -0.384. The average molecular weight is 488 g/mol. The van der Waals surface area contributed by atoms with E-state index in [1.165, 1.54) is 48.2 Å². The number of ketones is 1. The number of carboxylic acid groups (broad SMARTS) is 1. The quantitative estimate of drug-likeness (QED) is 0.163. The molecule has 3 aromatic carbocycles. The molecule has 6 nitrogen and oxygen atoms in total. The van der Waals surface area contributed by atoms with Crippen LogP contribution in [0.5, 0.6) is 0 Å². The standard InChI is InChI=1S/C23H15Cl2NO5S/c24-18-8-1-14(2-9-18)13-32-21(12-15-3-10-19(25)20(11-15)26(30)31)22(27)16-4-6-17(7-5-16)23(28)29/h1-12H,13H2,(H,28,29). The van der Waals surface area contributed by atoms with Gasteiger partial charge in [-0.25, -0.2) is 4.79 Å². The van der Waals surface area contributed by atoms with Gasteiger partial charge in [0.2, 0.25) is 0 Å². The van der Waals surface area contributed by atoms with E-state index < -0.39 is 10.9 Å². The van der Waals surface area contributed by atoms with Gasteiger partial charge in [-0.1, -0.05) is 53.5 Å². The fraction of sp³-hybridized carbons (Fsp3) is 0.0435. The number of carboxylic acids is 1. The van der Waals surface area contributed by atoms with Crippen molar-refractivity contribution in [3.63, 3.8) is 0 Å². The van der Waals surface area contributed by atoms with Crippen LogP contribution in [0.25, 0.3) is 6.08 Å². The first-order valence-corrected chi connectivity index (χ1v) is 10.9. The number of allylic oxidation sites excluding steroid dienone is 1. The van der Waals surface area contributed by atoms with Crippen LogP contribution >= 0.6 is 35.0 Å². The maximum Gasteiger partial charge on any atom is 0.335 e. The molecule has 0 spiro atoms. The van der Waals surface area contributed by atoms with Crippen LogP contribution in [0.1, 0.15) is 31.8 Å². The normalized spacial score (nSPS) is 11.2. The van der Waals surface area contributed by atoms with Gasteiger partial charge in [-0.2, -0.15) is 0 Å². The predicted molar refractivity (Wildman–Crippen MR) is 127 cm³/mol. The van der Waals surface area contributed by atoms with Gasteiger partial charge in [0.1, 0.15) is 5.02 Å². The highest BCUT2D eigenvalue weighted by Gasteiger charge is 2.17. The van der Waals surface area contributed by atoms with Gasteiger partial charge in [0, 0.05) is 22.4 Å². The Morgan fingerprint density at radius 3 is 2.19 bits per heavy atom. The molecule has 0 fully saturated rings. The van der Waals surface area contributed by atoms with Gasteiger partial charge in [-0.3, -0.25) is 14.9 Å². The molecular formula is C23H15Cl2NO5S. The summed E-state index contributed by atoms with van der Waals surface area (Å²) in [6, 6.07) is 17.0. The summed E-state index contributed by atoms with van der Waals surface area (Å²) in [4.78, 5) is 35.2. The molecule has 1 N–H and O–H groups in total. The van der Waals surface area contributed by atoms with E-state index in [4.69, 9.17) is 28.3 Å². The molecule has 0 aromatic heterocycles. The Hall–Kier alpha value is -3.13. The molecule has 0 aliphatic carbocycles. The molecule has 0 saturated carbocycles. The molecule has 0 unspecified atom stereocenters. The number of aromatic carboxylic acids is 1. The Bertz CT molecular complexity index is 1210. The van der Waals surface area contributed by atoms with E-state index in [2.05, 4.69) is 0 Å². The summed E-state index contributed by atoms with van der Waals surface area (Å²) in [5.74, 6) is -0.971. The third-order valence-corrected chi connectivity index (χ3v) is 6.05. The highest BCUT2D eigenvalue weighted by Crippen LogP contribution is 2.31. The lowest BCUT2D eigenvalue weighted by Gasteiger charge is -2.09. The molecule has 0 saturated heterocycles. The molecule has 0 radical (unpaired) electrons. The number of carbonyl (C=O) groups is 2. The van der Waals surface area contributed by atoms with Gasteiger partial charge in [0.25, 0.3) is 5.69 Å². The van der Waals surface area contributed by atoms with Crippen molar-refractivity contribution in [3.05, 3.63) is 114 Å². The summed E-state index contributed by atoms with van der Waals surface area (Å²) in [6.07, 6.45) is 1.55. The van der Waals surface area contributed by atoms with E-state index >= 15 is 0 Å². The Morgan fingerprint density at radius 2 is 1.59 bits per heavy atom. The molecule has 0 amide bonds. The number of hydrogen-bond donors (Lipinski definition) is 1. The summed E-state index contributed by atoms with van der Waals surface area (Å²) in [5, 5.41) is 20.9. The zero-order valence-electron chi connectivity index (χ0n) is 16.3. The molecule has 0 atom stereocenters. The topological polar surface area (TPSA) is 97.5 Å².